The normalized spacial score (nSPS) is 17.5. The van der Waals surface area contributed by atoms with E-state index in [1.807, 2.05) is 0 Å². The van der Waals surface area contributed by atoms with E-state index in [-0.39, 0.29) is 23.2 Å². The molecule has 1 saturated heterocycles. The van der Waals surface area contributed by atoms with Gasteiger partial charge in [-0.2, -0.15) is 0 Å². The fraction of sp³-hybridized carbons (Fsp3) is 0.0556. The zero-order valence-corrected chi connectivity index (χ0v) is 15.9. The van der Waals surface area contributed by atoms with Crippen molar-refractivity contribution in [3.63, 3.8) is 0 Å². The van der Waals surface area contributed by atoms with Crippen LogP contribution in [0.2, 0.25) is 0 Å². The summed E-state index contributed by atoms with van der Waals surface area (Å²) in [5.74, 6) is -0.971. The Labute approximate surface area is 166 Å². The molecule has 4 rings (SSSR count). The number of ether oxygens (including phenoxy) is 2. The Balaban J connectivity index is 1.77. The van der Waals surface area contributed by atoms with Crippen LogP contribution in [0.25, 0.3) is 6.08 Å². The third kappa shape index (κ3) is 3.08. The Bertz CT molecular complexity index is 1040. The van der Waals surface area contributed by atoms with Gasteiger partial charge in [0.15, 0.2) is 16.6 Å². The first-order valence-electron chi connectivity index (χ1n) is 7.71. The molecule has 2 aromatic carbocycles. The number of carbonyl (C=O) groups excluding carboxylic acids is 2. The van der Waals surface area contributed by atoms with Crippen LogP contribution in [0.3, 0.4) is 0 Å². The SMILES string of the molecule is O=C1NC(=S)N(c2ccccc2F)C(=O)C1=Cc1cc2c(cc1Br)OCO2. The standard InChI is InChI=1S/C18H10BrFN2O4S/c19-11-7-15-14(25-8-26-15)6-9(11)5-10-16(23)21-18(27)22(17(10)24)13-4-2-1-3-12(13)20/h1-7H,8H2,(H,21,23,27). The molecule has 0 bridgehead atoms. The molecule has 136 valence electrons. The highest BCUT2D eigenvalue weighted by Crippen LogP contribution is 2.38. The molecule has 1 fully saturated rings. The lowest BCUT2D eigenvalue weighted by Gasteiger charge is -2.29. The Morgan fingerprint density at radius 2 is 1.89 bits per heavy atom. The predicted molar refractivity (Wildman–Crippen MR) is 103 cm³/mol. The van der Waals surface area contributed by atoms with E-state index in [0.717, 1.165) is 4.90 Å². The van der Waals surface area contributed by atoms with E-state index in [1.165, 1.54) is 24.3 Å². The molecule has 2 amide bonds. The highest BCUT2D eigenvalue weighted by molar-refractivity contribution is 9.10. The third-order valence-electron chi connectivity index (χ3n) is 3.99. The number of anilines is 1. The van der Waals surface area contributed by atoms with Crippen LogP contribution in [0, 0.1) is 5.82 Å². The molecule has 0 aromatic heterocycles. The molecule has 2 aliphatic heterocycles. The Kier molecular flexibility index (Phi) is 4.40. The maximum atomic E-state index is 14.2. The summed E-state index contributed by atoms with van der Waals surface area (Å²) in [6.45, 7) is 0.0938. The van der Waals surface area contributed by atoms with Crippen molar-refractivity contribution in [2.24, 2.45) is 0 Å². The lowest BCUT2D eigenvalue weighted by molar-refractivity contribution is -0.122. The van der Waals surface area contributed by atoms with Crippen LogP contribution in [0.4, 0.5) is 10.1 Å². The van der Waals surface area contributed by atoms with Gasteiger partial charge in [-0.1, -0.05) is 28.1 Å². The van der Waals surface area contributed by atoms with E-state index in [4.69, 9.17) is 21.7 Å². The number of hydrogen-bond donors (Lipinski definition) is 1. The lowest BCUT2D eigenvalue weighted by Crippen LogP contribution is -2.54. The van der Waals surface area contributed by atoms with Crippen molar-refractivity contribution in [1.82, 2.24) is 5.32 Å². The summed E-state index contributed by atoms with van der Waals surface area (Å²) in [5, 5.41) is 2.24. The number of carbonyl (C=O) groups is 2. The van der Waals surface area contributed by atoms with Crippen molar-refractivity contribution in [2.45, 2.75) is 0 Å². The lowest BCUT2D eigenvalue weighted by atomic mass is 10.1. The molecular formula is C18H10BrFN2O4S. The molecule has 0 unspecified atom stereocenters. The van der Waals surface area contributed by atoms with Gasteiger partial charge in [-0.05, 0) is 48.1 Å². The molecule has 0 atom stereocenters. The second kappa shape index (κ2) is 6.75. The van der Waals surface area contributed by atoms with E-state index in [9.17, 15) is 14.0 Å². The van der Waals surface area contributed by atoms with E-state index in [1.54, 1.807) is 18.2 Å². The molecule has 0 aliphatic carbocycles. The van der Waals surface area contributed by atoms with Crippen molar-refractivity contribution in [3.8, 4) is 11.5 Å². The molecule has 0 spiro atoms. The fourth-order valence-corrected chi connectivity index (χ4v) is 3.42. The van der Waals surface area contributed by atoms with Gasteiger partial charge in [0, 0.05) is 4.47 Å². The first kappa shape index (κ1) is 17.6. The number of fused-ring (bicyclic) bond motifs is 1. The summed E-state index contributed by atoms with van der Waals surface area (Å²) in [5.41, 5.74) is 0.300. The average Bonchev–Trinajstić information content (AvgIpc) is 3.07. The minimum atomic E-state index is -0.724. The Hall–Kier alpha value is -2.78. The largest absolute Gasteiger partial charge is 0.454 e. The van der Waals surface area contributed by atoms with Crippen LogP contribution in [0.1, 0.15) is 5.56 Å². The van der Waals surface area contributed by atoms with E-state index in [0.29, 0.717) is 21.5 Å². The summed E-state index contributed by atoms with van der Waals surface area (Å²) in [6, 6.07) is 9.00. The number of thiocarbonyl (C=S) groups is 1. The monoisotopic (exact) mass is 448 g/mol. The van der Waals surface area contributed by atoms with Crippen LogP contribution >= 0.6 is 28.1 Å². The molecule has 0 saturated carbocycles. The minimum Gasteiger partial charge on any atom is -0.454 e. The fourth-order valence-electron chi connectivity index (χ4n) is 2.71. The molecule has 2 aromatic rings. The molecule has 1 N–H and O–H groups in total. The zero-order chi connectivity index (χ0) is 19.1. The van der Waals surface area contributed by atoms with Gasteiger partial charge in [0.25, 0.3) is 11.8 Å². The van der Waals surface area contributed by atoms with Gasteiger partial charge >= 0.3 is 0 Å². The minimum absolute atomic E-state index is 0.0387. The van der Waals surface area contributed by atoms with Crippen LogP contribution in [-0.2, 0) is 9.59 Å². The molecular weight excluding hydrogens is 439 g/mol. The summed E-state index contributed by atoms with van der Waals surface area (Å²) < 4.78 is 25.4. The van der Waals surface area contributed by atoms with Crippen molar-refractivity contribution >= 4 is 56.8 Å². The topological polar surface area (TPSA) is 67.9 Å². The van der Waals surface area contributed by atoms with Gasteiger partial charge in [0.05, 0.1) is 5.69 Å². The quantitative estimate of drug-likeness (QED) is 0.434. The first-order valence-corrected chi connectivity index (χ1v) is 8.91. The summed E-state index contributed by atoms with van der Waals surface area (Å²) >= 11 is 8.44. The number of nitrogens with one attached hydrogen (secondary N) is 1. The second-order valence-corrected chi connectivity index (χ2v) is 6.88. The predicted octanol–water partition coefficient (Wildman–Crippen LogP) is 3.15. The van der Waals surface area contributed by atoms with Crippen LogP contribution in [-0.4, -0.2) is 23.7 Å². The number of hydrogen-bond acceptors (Lipinski definition) is 5. The van der Waals surface area contributed by atoms with Crippen LogP contribution in [0.15, 0.2) is 46.4 Å². The number of halogens is 2. The molecule has 0 radical (unpaired) electrons. The van der Waals surface area contributed by atoms with Gasteiger partial charge in [0.2, 0.25) is 6.79 Å². The summed E-state index contributed by atoms with van der Waals surface area (Å²) in [7, 11) is 0. The molecule has 9 heteroatoms. The number of para-hydroxylation sites is 1. The Morgan fingerprint density at radius 3 is 2.63 bits per heavy atom. The zero-order valence-electron chi connectivity index (χ0n) is 13.5. The molecule has 2 heterocycles. The Morgan fingerprint density at radius 1 is 1.19 bits per heavy atom. The molecule has 6 nitrogen and oxygen atoms in total. The van der Waals surface area contributed by atoms with Gasteiger partial charge in [0.1, 0.15) is 11.4 Å². The number of nitrogens with zero attached hydrogens (tertiary/aromatic N) is 1. The number of amides is 2. The van der Waals surface area contributed by atoms with E-state index in [2.05, 4.69) is 21.2 Å². The highest BCUT2D eigenvalue weighted by Gasteiger charge is 2.35. The highest BCUT2D eigenvalue weighted by atomic mass is 79.9. The third-order valence-corrected chi connectivity index (χ3v) is 4.96. The summed E-state index contributed by atoms with van der Waals surface area (Å²) in [6.07, 6.45) is 1.39. The van der Waals surface area contributed by atoms with Crippen molar-refractivity contribution in [1.29, 1.82) is 0 Å². The summed E-state index contributed by atoms with van der Waals surface area (Å²) in [4.78, 5) is 26.2. The maximum Gasteiger partial charge on any atom is 0.270 e. The van der Waals surface area contributed by atoms with Gasteiger partial charge in [-0.15, -0.1) is 0 Å². The molecule has 27 heavy (non-hydrogen) atoms. The first-order chi connectivity index (χ1) is 13.0. The van der Waals surface area contributed by atoms with E-state index < -0.39 is 17.6 Å². The number of benzene rings is 2. The second-order valence-electron chi connectivity index (χ2n) is 5.64. The molecule has 2 aliphatic rings. The van der Waals surface area contributed by atoms with Crippen molar-refractivity contribution in [3.05, 3.63) is 57.8 Å². The average molecular weight is 449 g/mol. The van der Waals surface area contributed by atoms with Crippen molar-refractivity contribution in [2.75, 3.05) is 11.7 Å². The van der Waals surface area contributed by atoms with Gasteiger partial charge in [-0.3, -0.25) is 14.9 Å². The maximum absolute atomic E-state index is 14.2. The van der Waals surface area contributed by atoms with Gasteiger partial charge in [-0.25, -0.2) is 9.29 Å². The van der Waals surface area contributed by atoms with Crippen LogP contribution in [0.5, 0.6) is 11.5 Å². The van der Waals surface area contributed by atoms with Gasteiger partial charge < -0.3 is 9.47 Å². The van der Waals surface area contributed by atoms with Crippen LogP contribution < -0.4 is 19.7 Å². The number of rotatable bonds is 2. The van der Waals surface area contributed by atoms with Crippen molar-refractivity contribution < 1.29 is 23.5 Å². The smallest absolute Gasteiger partial charge is 0.270 e. The van der Waals surface area contributed by atoms with E-state index >= 15 is 0 Å².